The van der Waals surface area contributed by atoms with Crippen molar-refractivity contribution in [3.63, 3.8) is 0 Å². The maximum atomic E-state index is 12.6. The Morgan fingerprint density at radius 2 is 1.63 bits per heavy atom. The van der Waals surface area contributed by atoms with Crippen LogP contribution in [0, 0.1) is 16.7 Å². The molecule has 0 saturated heterocycles. The van der Waals surface area contributed by atoms with Gasteiger partial charge in [0.1, 0.15) is 0 Å². The van der Waals surface area contributed by atoms with Gasteiger partial charge in [0, 0.05) is 11.8 Å². The van der Waals surface area contributed by atoms with Gasteiger partial charge in [-0.2, -0.15) is 5.26 Å². The van der Waals surface area contributed by atoms with Crippen LogP contribution >= 0.6 is 7.82 Å². The lowest BCUT2D eigenvalue weighted by Gasteiger charge is -2.26. The van der Waals surface area contributed by atoms with Crippen LogP contribution in [0.25, 0.3) is 0 Å². The third kappa shape index (κ3) is 12.9. The number of nitrogens with zero attached hydrogens (tertiary/aromatic N) is 1. The Labute approximate surface area is 161 Å². The van der Waals surface area contributed by atoms with Gasteiger partial charge in [-0.05, 0) is 19.3 Å². The lowest BCUT2D eigenvalue weighted by atomic mass is 9.95. The van der Waals surface area contributed by atoms with E-state index in [1.807, 2.05) is 6.07 Å². The van der Waals surface area contributed by atoms with E-state index in [2.05, 4.69) is 0 Å². The average molecular weight is 409 g/mol. The molecule has 1 atom stereocenters. The molecule has 158 valence electrons. The van der Waals surface area contributed by atoms with E-state index in [9.17, 15) is 19.6 Å². The SMILES string of the molecule is CCC(=O)OCCCCCCOP(=O)(OCCC#N)OCC(C)(CO)CO. The van der Waals surface area contributed by atoms with Gasteiger partial charge in [-0.1, -0.05) is 20.3 Å². The molecule has 9 nitrogen and oxygen atoms in total. The molecule has 0 spiro atoms. The molecule has 0 rings (SSSR count). The summed E-state index contributed by atoms with van der Waals surface area (Å²) in [6.45, 7) is 2.79. The number of aliphatic hydroxyl groups is 2. The number of nitriles is 1. The van der Waals surface area contributed by atoms with Crippen LogP contribution in [0.3, 0.4) is 0 Å². The zero-order valence-electron chi connectivity index (χ0n) is 16.2. The number of phosphoric ester groups is 1. The van der Waals surface area contributed by atoms with E-state index in [0.717, 1.165) is 19.3 Å². The van der Waals surface area contributed by atoms with Gasteiger partial charge in [0.05, 0.1) is 52.1 Å². The highest BCUT2D eigenvalue weighted by atomic mass is 31.2. The maximum Gasteiger partial charge on any atom is 0.474 e. The van der Waals surface area contributed by atoms with Gasteiger partial charge in [-0.25, -0.2) is 4.57 Å². The molecular weight excluding hydrogens is 377 g/mol. The normalized spacial score (nSPS) is 13.7. The highest BCUT2D eigenvalue weighted by molar-refractivity contribution is 7.48. The van der Waals surface area contributed by atoms with Crippen LogP contribution < -0.4 is 0 Å². The van der Waals surface area contributed by atoms with Gasteiger partial charge in [0.25, 0.3) is 0 Å². The quantitative estimate of drug-likeness (QED) is 0.211. The molecule has 0 fully saturated rings. The number of ether oxygens (including phenoxy) is 1. The summed E-state index contributed by atoms with van der Waals surface area (Å²) in [6.07, 6.45) is 3.35. The van der Waals surface area contributed by atoms with Crippen LogP contribution in [0.15, 0.2) is 0 Å². The summed E-state index contributed by atoms with van der Waals surface area (Å²) < 4.78 is 33.2. The molecule has 0 aromatic rings. The third-order valence-electron chi connectivity index (χ3n) is 3.64. The first-order chi connectivity index (χ1) is 12.8. The summed E-state index contributed by atoms with van der Waals surface area (Å²) in [5.41, 5.74) is -0.979. The number of esters is 1. The van der Waals surface area contributed by atoms with E-state index >= 15 is 0 Å². The van der Waals surface area contributed by atoms with Crippen LogP contribution in [-0.2, 0) is 27.7 Å². The lowest BCUT2D eigenvalue weighted by Crippen LogP contribution is -2.31. The van der Waals surface area contributed by atoms with Crippen LogP contribution in [0.2, 0.25) is 0 Å². The predicted molar refractivity (Wildman–Crippen MR) is 97.7 cm³/mol. The average Bonchev–Trinajstić information content (AvgIpc) is 2.68. The van der Waals surface area contributed by atoms with E-state index in [1.165, 1.54) is 0 Å². The zero-order chi connectivity index (χ0) is 20.6. The standard InChI is InChI=1S/C17H32NO8P/c1-3-16(21)23-10-6-4-5-7-11-24-27(22,25-12-8-9-18)26-15-17(2,13-19)14-20/h19-20H,3-8,10-15H2,1-2H3. The minimum Gasteiger partial charge on any atom is -0.466 e. The summed E-state index contributed by atoms with van der Waals surface area (Å²) in [7, 11) is -3.89. The van der Waals surface area contributed by atoms with Crippen molar-refractivity contribution in [3.05, 3.63) is 0 Å². The molecule has 0 aliphatic heterocycles. The van der Waals surface area contributed by atoms with Crippen molar-refractivity contribution in [2.75, 3.05) is 39.6 Å². The molecule has 27 heavy (non-hydrogen) atoms. The zero-order valence-corrected chi connectivity index (χ0v) is 17.1. The van der Waals surface area contributed by atoms with Crippen LogP contribution in [-0.4, -0.2) is 55.8 Å². The lowest BCUT2D eigenvalue weighted by molar-refractivity contribution is -0.143. The Morgan fingerprint density at radius 3 is 2.19 bits per heavy atom. The molecule has 0 saturated carbocycles. The number of phosphoric acid groups is 1. The number of aliphatic hydroxyl groups excluding tert-OH is 2. The molecule has 0 radical (unpaired) electrons. The Hall–Kier alpha value is -1.01. The topological polar surface area (TPSA) is 135 Å². The maximum absolute atomic E-state index is 12.6. The molecule has 0 amide bonds. The molecule has 0 heterocycles. The molecule has 0 aliphatic rings. The van der Waals surface area contributed by atoms with E-state index < -0.39 is 13.2 Å². The first-order valence-corrected chi connectivity index (χ1v) is 10.6. The summed E-state index contributed by atoms with van der Waals surface area (Å²) in [5, 5.41) is 27.1. The van der Waals surface area contributed by atoms with E-state index in [1.54, 1.807) is 13.8 Å². The van der Waals surface area contributed by atoms with Crippen LogP contribution in [0.4, 0.5) is 0 Å². The van der Waals surface area contributed by atoms with Gasteiger partial charge in [-0.15, -0.1) is 0 Å². The second-order valence-electron chi connectivity index (χ2n) is 6.41. The first-order valence-electron chi connectivity index (χ1n) is 9.12. The highest BCUT2D eigenvalue weighted by Crippen LogP contribution is 2.50. The Kier molecular flexibility index (Phi) is 14.4. The van der Waals surface area contributed by atoms with Gasteiger partial charge >= 0.3 is 13.8 Å². The first kappa shape index (κ1) is 26.0. The largest absolute Gasteiger partial charge is 0.474 e. The number of carbonyl (C=O) groups is 1. The molecular formula is C17H32NO8P. The second-order valence-corrected chi connectivity index (χ2v) is 8.08. The van der Waals surface area contributed by atoms with E-state index in [0.29, 0.717) is 19.4 Å². The van der Waals surface area contributed by atoms with Crippen LogP contribution in [0.1, 0.15) is 52.4 Å². The van der Waals surface area contributed by atoms with E-state index in [4.69, 9.17) is 23.6 Å². The smallest absolute Gasteiger partial charge is 0.466 e. The highest BCUT2D eigenvalue weighted by Gasteiger charge is 2.32. The number of hydrogen-bond donors (Lipinski definition) is 2. The van der Waals surface area contributed by atoms with E-state index in [-0.39, 0.29) is 45.4 Å². The fourth-order valence-electron chi connectivity index (χ4n) is 1.71. The molecule has 0 aliphatic carbocycles. The van der Waals surface area contributed by atoms with Crippen LogP contribution in [0.5, 0.6) is 0 Å². The Morgan fingerprint density at radius 1 is 1.04 bits per heavy atom. The minimum atomic E-state index is -3.89. The van der Waals surface area contributed by atoms with Gasteiger partial charge in [0.2, 0.25) is 0 Å². The molecule has 2 N–H and O–H groups in total. The van der Waals surface area contributed by atoms with Crippen molar-refractivity contribution in [2.24, 2.45) is 5.41 Å². The van der Waals surface area contributed by atoms with Crippen molar-refractivity contribution >= 4 is 13.8 Å². The van der Waals surface area contributed by atoms with Crippen molar-refractivity contribution in [2.45, 2.75) is 52.4 Å². The monoisotopic (exact) mass is 409 g/mol. The number of carbonyl (C=O) groups excluding carboxylic acids is 1. The van der Waals surface area contributed by atoms with Crippen molar-refractivity contribution in [3.8, 4) is 6.07 Å². The molecule has 10 heteroatoms. The fraction of sp³-hybridized carbons (Fsp3) is 0.882. The Balaban J connectivity index is 4.23. The summed E-state index contributed by atoms with van der Waals surface area (Å²) >= 11 is 0. The summed E-state index contributed by atoms with van der Waals surface area (Å²) in [4.78, 5) is 11.0. The van der Waals surface area contributed by atoms with Gasteiger partial charge in [-0.3, -0.25) is 18.4 Å². The summed E-state index contributed by atoms with van der Waals surface area (Å²) in [5.74, 6) is -0.219. The summed E-state index contributed by atoms with van der Waals surface area (Å²) in [6, 6.07) is 1.87. The van der Waals surface area contributed by atoms with Crippen molar-refractivity contribution < 1.29 is 37.9 Å². The molecule has 0 aromatic carbocycles. The second kappa shape index (κ2) is 15.0. The number of unbranched alkanes of at least 4 members (excludes halogenated alkanes) is 3. The minimum absolute atomic E-state index is 0.0322. The molecule has 0 bridgehead atoms. The Bertz CT molecular complexity index is 490. The molecule has 0 aromatic heterocycles. The predicted octanol–water partition coefficient (Wildman–Crippen LogP) is 2.56. The molecule has 1 unspecified atom stereocenters. The van der Waals surface area contributed by atoms with Crippen molar-refractivity contribution in [1.29, 1.82) is 5.26 Å². The van der Waals surface area contributed by atoms with Crippen molar-refractivity contribution in [1.82, 2.24) is 0 Å². The number of hydrogen-bond acceptors (Lipinski definition) is 9. The third-order valence-corrected chi connectivity index (χ3v) is 5.08. The van der Waals surface area contributed by atoms with Gasteiger partial charge < -0.3 is 14.9 Å². The number of rotatable bonds is 17. The fourth-order valence-corrected chi connectivity index (χ4v) is 3.07. The van der Waals surface area contributed by atoms with Gasteiger partial charge in [0.15, 0.2) is 0 Å².